The largest absolute Gasteiger partial charge is 0.325 e. The molecule has 134 valence electrons. The molecule has 0 spiro atoms. The minimum absolute atomic E-state index is 0.291. The number of nitrogens with zero attached hydrogens (tertiary/aromatic N) is 1. The number of thiophene rings is 1. The summed E-state index contributed by atoms with van der Waals surface area (Å²) in [6.45, 7) is 3.74. The molecule has 0 radical (unpaired) electrons. The minimum atomic E-state index is -0.428. The third-order valence-electron chi connectivity index (χ3n) is 3.86. The second-order valence-corrected chi connectivity index (χ2v) is 8.13. The summed E-state index contributed by atoms with van der Waals surface area (Å²) in [4.78, 5) is 40.1. The standard InChI is InChI=1S/C19H18N2O3S2/c1-3-13-5-7-14(8-6-13)20-17(22)11-21-18(23)16(26-19(21)24)10-15-9-4-12(2)25-15/h4-10H,3,11H2,1-2H3,(H,20,22)/b16-10+. The van der Waals surface area contributed by atoms with Gasteiger partial charge >= 0.3 is 0 Å². The zero-order valence-electron chi connectivity index (χ0n) is 14.4. The third-order valence-corrected chi connectivity index (χ3v) is 5.71. The molecule has 3 rings (SSSR count). The summed E-state index contributed by atoms with van der Waals surface area (Å²) in [7, 11) is 0. The van der Waals surface area contributed by atoms with E-state index >= 15 is 0 Å². The smallest absolute Gasteiger partial charge is 0.294 e. The lowest BCUT2D eigenvalue weighted by Gasteiger charge is -2.12. The molecule has 2 aromatic rings. The highest BCUT2D eigenvalue weighted by molar-refractivity contribution is 8.18. The lowest BCUT2D eigenvalue weighted by Crippen LogP contribution is -2.36. The van der Waals surface area contributed by atoms with E-state index in [1.54, 1.807) is 17.4 Å². The molecule has 5 nitrogen and oxygen atoms in total. The fourth-order valence-corrected chi connectivity index (χ4v) is 4.19. The predicted octanol–water partition coefficient (Wildman–Crippen LogP) is 4.29. The average Bonchev–Trinajstić information content (AvgIpc) is 3.14. The molecule has 0 unspecified atom stereocenters. The van der Waals surface area contributed by atoms with Crippen LogP contribution in [0.2, 0.25) is 0 Å². The highest BCUT2D eigenvalue weighted by Gasteiger charge is 2.36. The van der Waals surface area contributed by atoms with Gasteiger partial charge in [0.25, 0.3) is 11.1 Å². The monoisotopic (exact) mass is 386 g/mol. The van der Waals surface area contributed by atoms with Crippen LogP contribution < -0.4 is 5.32 Å². The quantitative estimate of drug-likeness (QED) is 0.779. The normalized spacial score (nSPS) is 15.8. The van der Waals surface area contributed by atoms with E-state index in [2.05, 4.69) is 12.2 Å². The molecule has 0 bridgehead atoms. The first-order valence-electron chi connectivity index (χ1n) is 8.17. The Bertz CT molecular complexity index is 884. The van der Waals surface area contributed by atoms with Crippen molar-refractivity contribution in [3.63, 3.8) is 0 Å². The Labute approximate surface area is 160 Å². The van der Waals surface area contributed by atoms with Crippen LogP contribution in [0.5, 0.6) is 0 Å². The molecular formula is C19H18N2O3S2. The van der Waals surface area contributed by atoms with Gasteiger partial charge in [0.15, 0.2) is 0 Å². The van der Waals surface area contributed by atoms with Gasteiger partial charge in [0.1, 0.15) is 6.54 Å². The zero-order chi connectivity index (χ0) is 18.7. The first kappa shape index (κ1) is 18.4. The van der Waals surface area contributed by atoms with Gasteiger partial charge in [-0.25, -0.2) is 0 Å². The first-order valence-corrected chi connectivity index (χ1v) is 9.80. The van der Waals surface area contributed by atoms with Crippen LogP contribution in [-0.4, -0.2) is 28.5 Å². The maximum atomic E-state index is 12.4. The number of carbonyl (C=O) groups excluding carboxylic acids is 3. The summed E-state index contributed by atoms with van der Waals surface area (Å²) in [6, 6.07) is 11.3. The zero-order valence-corrected chi connectivity index (χ0v) is 16.1. The molecule has 1 aliphatic heterocycles. The van der Waals surface area contributed by atoms with Gasteiger partial charge in [-0.2, -0.15) is 0 Å². The summed E-state index contributed by atoms with van der Waals surface area (Å²) in [5, 5.41) is 2.29. The molecule has 2 heterocycles. The number of rotatable bonds is 5. The molecular weight excluding hydrogens is 368 g/mol. The topological polar surface area (TPSA) is 66.5 Å². The van der Waals surface area contributed by atoms with E-state index < -0.39 is 17.1 Å². The van der Waals surface area contributed by atoms with Gasteiger partial charge in [-0.05, 0) is 61.0 Å². The van der Waals surface area contributed by atoms with Crippen molar-refractivity contribution in [3.05, 3.63) is 56.6 Å². The van der Waals surface area contributed by atoms with Crippen LogP contribution >= 0.6 is 23.1 Å². The van der Waals surface area contributed by atoms with Crippen LogP contribution in [0.1, 0.15) is 22.2 Å². The Hall–Kier alpha value is -2.38. The van der Waals surface area contributed by atoms with Crippen molar-refractivity contribution in [2.45, 2.75) is 20.3 Å². The lowest BCUT2D eigenvalue weighted by atomic mass is 10.1. The van der Waals surface area contributed by atoms with Crippen LogP contribution in [-0.2, 0) is 16.0 Å². The predicted molar refractivity (Wildman–Crippen MR) is 106 cm³/mol. The van der Waals surface area contributed by atoms with Gasteiger partial charge in [-0.3, -0.25) is 19.3 Å². The van der Waals surface area contributed by atoms with Crippen molar-refractivity contribution in [1.29, 1.82) is 0 Å². The molecule has 26 heavy (non-hydrogen) atoms. The Balaban J connectivity index is 1.65. The number of imide groups is 1. The summed E-state index contributed by atoms with van der Waals surface area (Å²) in [5.41, 5.74) is 1.81. The van der Waals surface area contributed by atoms with Crippen LogP contribution in [0.3, 0.4) is 0 Å². The van der Waals surface area contributed by atoms with E-state index in [0.717, 1.165) is 32.8 Å². The average molecular weight is 386 g/mol. The van der Waals surface area contributed by atoms with Crippen molar-refractivity contribution < 1.29 is 14.4 Å². The molecule has 7 heteroatoms. The molecule has 1 aromatic carbocycles. The van der Waals surface area contributed by atoms with E-state index in [0.29, 0.717) is 10.6 Å². The van der Waals surface area contributed by atoms with E-state index in [9.17, 15) is 14.4 Å². The van der Waals surface area contributed by atoms with E-state index in [4.69, 9.17) is 0 Å². The molecule has 1 aliphatic rings. The van der Waals surface area contributed by atoms with E-state index in [1.807, 2.05) is 43.3 Å². The number of nitrogens with one attached hydrogen (secondary N) is 1. The second-order valence-electron chi connectivity index (χ2n) is 5.81. The fraction of sp³-hybridized carbons (Fsp3) is 0.211. The van der Waals surface area contributed by atoms with Gasteiger partial charge in [-0.15, -0.1) is 11.3 Å². The third kappa shape index (κ3) is 4.23. The Morgan fingerprint density at radius 3 is 2.50 bits per heavy atom. The summed E-state index contributed by atoms with van der Waals surface area (Å²) < 4.78 is 0. The number of anilines is 1. The van der Waals surface area contributed by atoms with Crippen molar-refractivity contribution in [1.82, 2.24) is 4.90 Å². The molecule has 0 aliphatic carbocycles. The highest BCUT2D eigenvalue weighted by atomic mass is 32.2. The van der Waals surface area contributed by atoms with Crippen molar-refractivity contribution >= 4 is 51.9 Å². The van der Waals surface area contributed by atoms with E-state index in [-0.39, 0.29) is 6.54 Å². The molecule has 1 saturated heterocycles. The Kier molecular flexibility index (Phi) is 5.58. The number of benzene rings is 1. The van der Waals surface area contributed by atoms with Gasteiger partial charge in [0.05, 0.1) is 4.91 Å². The van der Waals surface area contributed by atoms with Crippen LogP contribution in [0.4, 0.5) is 10.5 Å². The number of aryl methyl sites for hydroxylation is 2. The summed E-state index contributed by atoms with van der Waals surface area (Å²) in [5.74, 6) is -0.827. The summed E-state index contributed by atoms with van der Waals surface area (Å²) >= 11 is 2.41. The maximum Gasteiger partial charge on any atom is 0.294 e. The number of amides is 3. The SMILES string of the molecule is CCc1ccc(NC(=O)CN2C(=O)S/C(=C/c3ccc(C)s3)C2=O)cc1. The Morgan fingerprint density at radius 2 is 1.88 bits per heavy atom. The molecule has 1 aromatic heterocycles. The Morgan fingerprint density at radius 1 is 1.15 bits per heavy atom. The van der Waals surface area contributed by atoms with Gasteiger partial charge in [0, 0.05) is 15.4 Å². The number of hydrogen-bond donors (Lipinski definition) is 1. The second kappa shape index (κ2) is 7.88. The number of hydrogen-bond acceptors (Lipinski definition) is 5. The van der Waals surface area contributed by atoms with Crippen LogP contribution in [0.15, 0.2) is 41.3 Å². The van der Waals surface area contributed by atoms with Crippen molar-refractivity contribution in [3.8, 4) is 0 Å². The summed E-state index contributed by atoms with van der Waals surface area (Å²) in [6.07, 6.45) is 2.62. The lowest BCUT2D eigenvalue weighted by molar-refractivity contribution is -0.127. The molecule has 3 amide bonds. The van der Waals surface area contributed by atoms with E-state index in [1.165, 1.54) is 5.56 Å². The van der Waals surface area contributed by atoms with Crippen molar-refractivity contribution in [2.75, 3.05) is 11.9 Å². The number of thioether (sulfide) groups is 1. The van der Waals surface area contributed by atoms with Gasteiger partial charge in [-0.1, -0.05) is 19.1 Å². The molecule has 1 fully saturated rings. The van der Waals surface area contributed by atoms with Crippen LogP contribution in [0.25, 0.3) is 6.08 Å². The molecule has 0 saturated carbocycles. The maximum absolute atomic E-state index is 12.4. The van der Waals surface area contributed by atoms with Crippen LogP contribution in [0, 0.1) is 6.92 Å². The van der Waals surface area contributed by atoms with Gasteiger partial charge < -0.3 is 5.32 Å². The highest BCUT2D eigenvalue weighted by Crippen LogP contribution is 2.33. The number of carbonyl (C=O) groups is 3. The first-order chi connectivity index (χ1) is 12.5. The van der Waals surface area contributed by atoms with Gasteiger partial charge in [0.2, 0.25) is 5.91 Å². The van der Waals surface area contributed by atoms with Crippen molar-refractivity contribution in [2.24, 2.45) is 0 Å². The molecule has 0 atom stereocenters. The molecule has 1 N–H and O–H groups in total. The minimum Gasteiger partial charge on any atom is -0.325 e. The fourth-order valence-electron chi connectivity index (χ4n) is 2.46.